The van der Waals surface area contributed by atoms with Gasteiger partial charge in [-0.1, -0.05) is 0 Å². The third kappa shape index (κ3) is 2.89. The third-order valence-electron chi connectivity index (χ3n) is 3.19. The van der Waals surface area contributed by atoms with Crippen LogP contribution in [0.1, 0.15) is 11.6 Å². The summed E-state index contributed by atoms with van der Waals surface area (Å²) < 4.78 is 17.9. The van der Waals surface area contributed by atoms with E-state index >= 15 is 0 Å². The number of imidazole rings is 1. The van der Waals surface area contributed by atoms with Gasteiger partial charge in [-0.05, 0) is 28.7 Å². The van der Waals surface area contributed by atoms with Crippen molar-refractivity contribution in [3.05, 3.63) is 39.5 Å². The van der Waals surface area contributed by atoms with E-state index < -0.39 is 0 Å². The molecular formula is C13H12ClFIN5. The van der Waals surface area contributed by atoms with Crippen LogP contribution >= 0.6 is 34.2 Å². The van der Waals surface area contributed by atoms with Gasteiger partial charge in [-0.3, -0.25) is 4.68 Å². The molecule has 0 bridgehead atoms. The first-order valence-corrected chi connectivity index (χ1v) is 7.94. The number of alkyl halides is 1. The van der Waals surface area contributed by atoms with E-state index in [0.717, 1.165) is 22.7 Å². The summed E-state index contributed by atoms with van der Waals surface area (Å²) in [6.45, 7) is 0.614. The monoisotopic (exact) mass is 419 g/mol. The van der Waals surface area contributed by atoms with E-state index in [2.05, 4.69) is 15.1 Å². The van der Waals surface area contributed by atoms with Gasteiger partial charge in [-0.2, -0.15) is 5.10 Å². The molecule has 0 unspecified atom stereocenters. The molecule has 0 aliphatic carbocycles. The van der Waals surface area contributed by atoms with Gasteiger partial charge in [0.25, 0.3) is 0 Å². The minimum absolute atomic E-state index is 0.249. The van der Waals surface area contributed by atoms with Crippen molar-refractivity contribution in [1.82, 2.24) is 24.3 Å². The Morgan fingerprint density at radius 2 is 2.19 bits per heavy atom. The zero-order chi connectivity index (χ0) is 15.0. The van der Waals surface area contributed by atoms with E-state index in [1.807, 2.05) is 34.2 Å². The van der Waals surface area contributed by atoms with Crippen molar-refractivity contribution in [2.45, 2.75) is 18.8 Å². The fraction of sp³-hybridized carbons (Fsp3) is 0.308. The molecule has 0 amide bonds. The van der Waals surface area contributed by atoms with Crippen LogP contribution < -0.4 is 0 Å². The van der Waals surface area contributed by atoms with Crippen LogP contribution in [0.15, 0.2) is 18.5 Å². The topological polar surface area (TPSA) is 48.5 Å². The number of halogens is 3. The van der Waals surface area contributed by atoms with E-state index in [1.54, 1.807) is 17.1 Å². The van der Waals surface area contributed by atoms with Crippen LogP contribution in [0.25, 0.3) is 11.0 Å². The summed E-state index contributed by atoms with van der Waals surface area (Å²) in [6, 6.07) is 3.24. The minimum Gasteiger partial charge on any atom is -0.326 e. The molecule has 3 rings (SSSR count). The van der Waals surface area contributed by atoms with Gasteiger partial charge in [-0.15, -0.1) is 11.6 Å². The summed E-state index contributed by atoms with van der Waals surface area (Å²) in [6.07, 6.45) is 2.30. The lowest BCUT2D eigenvalue weighted by Crippen LogP contribution is -2.06. The van der Waals surface area contributed by atoms with Gasteiger partial charge in [0.15, 0.2) is 5.82 Å². The Kier molecular flexibility index (Phi) is 4.12. The molecular weight excluding hydrogens is 408 g/mol. The molecule has 0 fully saturated rings. The molecule has 110 valence electrons. The quantitative estimate of drug-likeness (QED) is 0.483. The number of hydrogen-bond acceptors (Lipinski definition) is 3. The van der Waals surface area contributed by atoms with Gasteiger partial charge in [0, 0.05) is 26.1 Å². The van der Waals surface area contributed by atoms with Gasteiger partial charge >= 0.3 is 0 Å². The van der Waals surface area contributed by atoms with Crippen LogP contribution in [0.2, 0.25) is 0 Å². The predicted octanol–water partition coefficient (Wildman–Crippen LogP) is 2.89. The highest BCUT2D eigenvalue weighted by Gasteiger charge is 2.13. The lowest BCUT2D eigenvalue weighted by atomic mass is 10.3. The van der Waals surface area contributed by atoms with Gasteiger partial charge in [0.1, 0.15) is 18.0 Å². The fourth-order valence-corrected chi connectivity index (χ4v) is 2.89. The number of benzene rings is 1. The zero-order valence-electron chi connectivity index (χ0n) is 11.2. The first-order chi connectivity index (χ1) is 10.1. The van der Waals surface area contributed by atoms with E-state index in [-0.39, 0.29) is 11.7 Å². The maximum absolute atomic E-state index is 13.8. The van der Waals surface area contributed by atoms with Crippen LogP contribution in [0.4, 0.5) is 4.39 Å². The number of nitrogens with zero attached hydrogens (tertiary/aromatic N) is 5. The van der Waals surface area contributed by atoms with Crippen molar-refractivity contribution in [1.29, 1.82) is 0 Å². The molecule has 0 spiro atoms. The van der Waals surface area contributed by atoms with Crippen LogP contribution in [-0.2, 0) is 25.9 Å². The molecule has 0 aliphatic rings. The van der Waals surface area contributed by atoms with Crippen LogP contribution in [0.3, 0.4) is 0 Å². The largest absolute Gasteiger partial charge is 0.326 e. The number of aryl methyl sites for hydroxylation is 3. The van der Waals surface area contributed by atoms with E-state index in [4.69, 9.17) is 11.6 Å². The van der Waals surface area contributed by atoms with Crippen LogP contribution in [-0.4, -0.2) is 24.3 Å². The van der Waals surface area contributed by atoms with Gasteiger partial charge in [0.2, 0.25) is 0 Å². The van der Waals surface area contributed by atoms with Crippen molar-refractivity contribution in [2.24, 2.45) is 7.05 Å². The zero-order valence-corrected chi connectivity index (χ0v) is 14.1. The molecule has 0 radical (unpaired) electrons. The Labute approximate surface area is 139 Å². The van der Waals surface area contributed by atoms with Crippen molar-refractivity contribution >= 4 is 45.2 Å². The molecule has 0 aliphatic heterocycles. The summed E-state index contributed by atoms with van der Waals surface area (Å²) in [4.78, 5) is 8.66. The molecule has 0 saturated heterocycles. The molecule has 5 nitrogen and oxygen atoms in total. The van der Waals surface area contributed by atoms with Crippen molar-refractivity contribution in [3.63, 3.8) is 0 Å². The maximum atomic E-state index is 13.8. The number of hydrogen-bond donors (Lipinski definition) is 0. The first-order valence-electron chi connectivity index (χ1n) is 6.33. The molecule has 1 aromatic carbocycles. The van der Waals surface area contributed by atoms with Crippen molar-refractivity contribution < 1.29 is 4.39 Å². The highest BCUT2D eigenvalue weighted by Crippen LogP contribution is 2.23. The van der Waals surface area contributed by atoms with Crippen molar-refractivity contribution in [3.8, 4) is 0 Å². The Bertz CT molecular complexity index is 797. The Morgan fingerprint density at radius 3 is 2.86 bits per heavy atom. The second-order valence-corrected chi connectivity index (χ2v) is 6.08. The van der Waals surface area contributed by atoms with Crippen LogP contribution in [0.5, 0.6) is 0 Å². The molecule has 2 aromatic heterocycles. The smallest absolute Gasteiger partial charge is 0.152 e. The lowest BCUT2D eigenvalue weighted by Gasteiger charge is -2.06. The molecule has 21 heavy (non-hydrogen) atoms. The molecule has 3 aromatic rings. The fourth-order valence-electron chi connectivity index (χ4n) is 2.23. The van der Waals surface area contributed by atoms with Gasteiger partial charge < -0.3 is 4.57 Å². The minimum atomic E-state index is -0.249. The number of fused-ring (bicyclic) bond motifs is 1. The molecule has 0 saturated carbocycles. The van der Waals surface area contributed by atoms with E-state index in [0.29, 0.717) is 16.5 Å². The molecule has 0 N–H and O–H groups in total. The van der Waals surface area contributed by atoms with Gasteiger partial charge in [-0.25, -0.2) is 14.4 Å². The first kappa shape index (κ1) is 14.7. The second-order valence-electron chi connectivity index (χ2n) is 4.65. The Hall–Kier alpha value is -1.22. The third-order valence-corrected chi connectivity index (χ3v) is 4.26. The summed E-state index contributed by atoms with van der Waals surface area (Å²) in [5, 5.41) is 4.24. The van der Waals surface area contributed by atoms with E-state index in [9.17, 15) is 4.39 Å². The molecule has 2 heterocycles. The lowest BCUT2D eigenvalue weighted by molar-refractivity contribution is 0.618. The van der Waals surface area contributed by atoms with Gasteiger partial charge in [0.05, 0.1) is 20.5 Å². The Balaban J connectivity index is 1.97. The summed E-state index contributed by atoms with van der Waals surface area (Å²) in [5.41, 5.74) is 1.50. The standard InChI is InChI=1S/C13H12ClFIN5/c1-20-7-17-12(19-20)2-3-21-11-4-8(15)9(16)5-10(11)18-13(21)6-14/h4-5,7H,2-3,6H2,1H3. The maximum Gasteiger partial charge on any atom is 0.152 e. The highest BCUT2D eigenvalue weighted by atomic mass is 127. The molecule has 0 atom stereocenters. The van der Waals surface area contributed by atoms with Crippen molar-refractivity contribution in [2.75, 3.05) is 0 Å². The second kappa shape index (κ2) is 5.88. The normalized spacial score (nSPS) is 11.4. The average Bonchev–Trinajstić information content (AvgIpc) is 3.01. The molecule has 8 heteroatoms. The number of aromatic nitrogens is 5. The number of rotatable bonds is 4. The predicted molar refractivity (Wildman–Crippen MR) is 86.7 cm³/mol. The summed E-state index contributed by atoms with van der Waals surface area (Å²) in [7, 11) is 1.82. The SMILES string of the molecule is Cn1cnc(CCn2c(CCl)nc3cc(I)c(F)cc32)n1. The Morgan fingerprint density at radius 1 is 1.38 bits per heavy atom. The highest BCUT2D eigenvalue weighted by molar-refractivity contribution is 14.1. The average molecular weight is 420 g/mol. The van der Waals surface area contributed by atoms with E-state index in [1.165, 1.54) is 6.07 Å². The van der Waals surface area contributed by atoms with Crippen LogP contribution in [0, 0.1) is 9.39 Å². The summed E-state index contributed by atoms with van der Waals surface area (Å²) in [5.74, 6) is 1.50. The summed E-state index contributed by atoms with van der Waals surface area (Å²) >= 11 is 7.91.